The number of hydrogen-bond acceptors (Lipinski definition) is 5. The fourth-order valence-electron chi connectivity index (χ4n) is 3.35. The predicted octanol–water partition coefficient (Wildman–Crippen LogP) is 5.42. The Kier molecular flexibility index (Phi) is 4.03. The van der Waals surface area contributed by atoms with Gasteiger partial charge in [-0.15, -0.1) is 11.3 Å². The second-order valence-electron chi connectivity index (χ2n) is 6.57. The third-order valence-corrected chi connectivity index (χ3v) is 5.54. The van der Waals surface area contributed by atoms with Crippen LogP contribution in [0, 0.1) is 6.92 Å². The fraction of sp³-hybridized carbons (Fsp3) is 0.0455. The Bertz CT molecular complexity index is 1320. The number of carboxylic acid groups (broad SMARTS) is 1. The third kappa shape index (κ3) is 2.92. The maximum absolute atomic E-state index is 11.3. The lowest BCUT2D eigenvalue weighted by Crippen LogP contribution is -2.01. The number of carboxylic acids is 1. The molecule has 0 fully saturated rings. The van der Waals surface area contributed by atoms with Crippen LogP contribution < -0.4 is 0 Å². The lowest BCUT2D eigenvalue weighted by Gasteiger charge is -2.02. The van der Waals surface area contributed by atoms with Crippen molar-refractivity contribution in [1.82, 2.24) is 14.8 Å². The quantitative estimate of drug-likeness (QED) is 0.435. The molecule has 0 aliphatic carbocycles. The van der Waals surface area contributed by atoms with Crippen molar-refractivity contribution in [2.75, 3.05) is 0 Å². The highest BCUT2D eigenvalue weighted by molar-refractivity contribution is 7.12. The van der Waals surface area contributed by atoms with Gasteiger partial charge in [-0.25, -0.2) is 14.5 Å². The van der Waals surface area contributed by atoms with Gasteiger partial charge in [0.15, 0.2) is 11.5 Å². The van der Waals surface area contributed by atoms with Gasteiger partial charge in [0.2, 0.25) is 5.13 Å². The van der Waals surface area contributed by atoms with Gasteiger partial charge in [-0.3, -0.25) is 0 Å². The molecule has 5 rings (SSSR count). The number of hydrogen-bond donors (Lipinski definition) is 1. The maximum atomic E-state index is 11.3. The number of fused-ring (bicyclic) bond motifs is 1. The molecule has 0 saturated carbocycles. The molecule has 6 nitrogen and oxygen atoms in total. The summed E-state index contributed by atoms with van der Waals surface area (Å²) in [6, 6.07) is 19.6. The Morgan fingerprint density at radius 2 is 1.86 bits per heavy atom. The molecule has 0 unspecified atom stereocenters. The van der Waals surface area contributed by atoms with Crippen molar-refractivity contribution in [3.05, 3.63) is 77.3 Å². The summed E-state index contributed by atoms with van der Waals surface area (Å²) in [5.74, 6) is -0.407. The van der Waals surface area contributed by atoms with Crippen LogP contribution in [0.5, 0.6) is 0 Å². The summed E-state index contributed by atoms with van der Waals surface area (Å²) in [6.45, 7) is 1.99. The van der Waals surface area contributed by atoms with E-state index in [1.807, 2.05) is 67.6 Å². The fourth-order valence-corrected chi connectivity index (χ4v) is 4.11. The molecular weight excluding hydrogens is 386 g/mol. The number of aromatic carboxylic acids is 1. The summed E-state index contributed by atoms with van der Waals surface area (Å²) in [4.78, 5) is 15.6. The minimum absolute atomic E-state index is 0.00466. The second-order valence-corrected chi connectivity index (χ2v) is 7.41. The Hall–Kier alpha value is -3.71. The van der Waals surface area contributed by atoms with Crippen LogP contribution in [0.1, 0.15) is 16.1 Å². The first kappa shape index (κ1) is 17.4. The topological polar surface area (TPSA) is 81.2 Å². The molecule has 0 amide bonds. The molecular formula is C22H15N3O3S. The monoisotopic (exact) mass is 401 g/mol. The SMILES string of the molecule is Cc1c(-c2ccccc2)nn(-c2nc(C(=O)O)cs2)c1-c1cc2ccccc2o1. The number of rotatable bonds is 4. The summed E-state index contributed by atoms with van der Waals surface area (Å²) >= 11 is 1.23. The van der Waals surface area contributed by atoms with Gasteiger partial charge in [-0.05, 0) is 19.1 Å². The van der Waals surface area contributed by atoms with Gasteiger partial charge in [0.1, 0.15) is 11.3 Å². The summed E-state index contributed by atoms with van der Waals surface area (Å²) in [5.41, 5.74) is 4.23. The summed E-state index contributed by atoms with van der Waals surface area (Å²) in [5, 5.41) is 17.0. The van der Waals surface area contributed by atoms with Crippen LogP contribution in [0.25, 0.3) is 38.8 Å². The molecule has 1 N–H and O–H groups in total. The van der Waals surface area contributed by atoms with Crippen LogP contribution in [0.4, 0.5) is 0 Å². The summed E-state index contributed by atoms with van der Waals surface area (Å²) in [7, 11) is 0. The number of thiazole rings is 1. The van der Waals surface area contributed by atoms with E-state index in [0.717, 1.165) is 33.5 Å². The first-order chi connectivity index (χ1) is 14.1. The molecule has 0 atom stereocenters. The number of carbonyl (C=O) groups is 1. The summed E-state index contributed by atoms with van der Waals surface area (Å²) < 4.78 is 7.77. The normalized spacial score (nSPS) is 11.2. The van der Waals surface area contributed by atoms with Gasteiger partial charge in [0.25, 0.3) is 0 Å². The lowest BCUT2D eigenvalue weighted by atomic mass is 10.1. The van der Waals surface area contributed by atoms with Crippen molar-refractivity contribution < 1.29 is 14.3 Å². The Balaban J connectivity index is 1.77. The Morgan fingerprint density at radius 1 is 1.10 bits per heavy atom. The average Bonchev–Trinajstić information content (AvgIpc) is 3.44. The molecule has 29 heavy (non-hydrogen) atoms. The minimum atomic E-state index is -1.06. The molecule has 0 aliphatic heterocycles. The van der Waals surface area contributed by atoms with Gasteiger partial charge >= 0.3 is 5.97 Å². The third-order valence-electron chi connectivity index (χ3n) is 4.72. The van der Waals surface area contributed by atoms with E-state index in [2.05, 4.69) is 4.98 Å². The van der Waals surface area contributed by atoms with E-state index < -0.39 is 5.97 Å². The number of benzene rings is 2. The van der Waals surface area contributed by atoms with Crippen LogP contribution in [0.15, 0.2) is 70.5 Å². The molecule has 3 heterocycles. The molecule has 0 spiro atoms. The molecule has 0 radical (unpaired) electrons. The highest BCUT2D eigenvalue weighted by atomic mass is 32.1. The standard InChI is InChI=1S/C22H15N3O3S/c1-13-19(14-7-3-2-4-8-14)24-25(22-23-16(12-29-22)21(26)27)20(13)18-11-15-9-5-6-10-17(15)28-18/h2-12H,1H3,(H,26,27). The van der Waals surface area contributed by atoms with Gasteiger partial charge in [0, 0.05) is 21.9 Å². The molecule has 0 bridgehead atoms. The van der Waals surface area contributed by atoms with Crippen LogP contribution in [-0.2, 0) is 0 Å². The van der Waals surface area contributed by atoms with E-state index in [1.54, 1.807) is 4.68 Å². The van der Waals surface area contributed by atoms with Crippen molar-refractivity contribution in [2.24, 2.45) is 0 Å². The van der Waals surface area contributed by atoms with Gasteiger partial charge < -0.3 is 9.52 Å². The smallest absolute Gasteiger partial charge is 0.355 e. The van der Waals surface area contributed by atoms with Crippen LogP contribution in [0.3, 0.4) is 0 Å². The number of furan rings is 1. The minimum Gasteiger partial charge on any atom is -0.476 e. The molecule has 0 aliphatic rings. The zero-order valence-electron chi connectivity index (χ0n) is 15.4. The number of para-hydroxylation sites is 1. The van der Waals surface area contributed by atoms with Gasteiger partial charge in [0.05, 0.1) is 5.69 Å². The largest absolute Gasteiger partial charge is 0.476 e. The summed E-state index contributed by atoms with van der Waals surface area (Å²) in [6.07, 6.45) is 0. The second kappa shape index (κ2) is 6.72. The molecule has 7 heteroatoms. The Labute approximate surface area is 169 Å². The highest BCUT2D eigenvalue weighted by Crippen LogP contribution is 2.36. The average molecular weight is 401 g/mol. The zero-order valence-corrected chi connectivity index (χ0v) is 16.2. The van der Waals surface area contributed by atoms with Crippen LogP contribution in [-0.4, -0.2) is 25.8 Å². The molecule has 5 aromatic rings. The number of nitrogens with zero attached hydrogens (tertiary/aromatic N) is 3. The molecule has 3 aromatic heterocycles. The zero-order chi connectivity index (χ0) is 20.0. The Morgan fingerprint density at radius 3 is 2.59 bits per heavy atom. The van der Waals surface area contributed by atoms with Crippen molar-refractivity contribution in [3.8, 4) is 27.8 Å². The van der Waals surface area contributed by atoms with E-state index >= 15 is 0 Å². The van der Waals surface area contributed by atoms with E-state index in [4.69, 9.17) is 9.52 Å². The van der Waals surface area contributed by atoms with E-state index in [9.17, 15) is 9.90 Å². The predicted molar refractivity (Wildman–Crippen MR) is 112 cm³/mol. The van der Waals surface area contributed by atoms with Crippen LogP contribution in [0.2, 0.25) is 0 Å². The van der Waals surface area contributed by atoms with Crippen molar-refractivity contribution in [2.45, 2.75) is 6.92 Å². The van der Waals surface area contributed by atoms with Gasteiger partial charge in [-0.1, -0.05) is 48.5 Å². The van der Waals surface area contributed by atoms with Crippen LogP contribution >= 0.6 is 11.3 Å². The maximum Gasteiger partial charge on any atom is 0.355 e. The first-order valence-corrected chi connectivity index (χ1v) is 9.83. The van der Waals surface area contributed by atoms with E-state index in [-0.39, 0.29) is 5.69 Å². The van der Waals surface area contributed by atoms with E-state index in [1.165, 1.54) is 16.7 Å². The first-order valence-electron chi connectivity index (χ1n) is 8.95. The van der Waals surface area contributed by atoms with Crippen molar-refractivity contribution in [1.29, 1.82) is 0 Å². The van der Waals surface area contributed by atoms with Gasteiger partial charge in [-0.2, -0.15) is 5.10 Å². The van der Waals surface area contributed by atoms with E-state index in [0.29, 0.717) is 10.9 Å². The number of aromatic nitrogens is 3. The lowest BCUT2D eigenvalue weighted by molar-refractivity contribution is 0.0691. The van der Waals surface area contributed by atoms with Crippen molar-refractivity contribution in [3.63, 3.8) is 0 Å². The van der Waals surface area contributed by atoms with Crippen molar-refractivity contribution >= 4 is 28.3 Å². The molecule has 0 saturated heterocycles. The molecule has 142 valence electrons. The highest BCUT2D eigenvalue weighted by Gasteiger charge is 2.23. The molecule has 2 aromatic carbocycles.